The zero-order valence-electron chi connectivity index (χ0n) is 17.4. The lowest BCUT2D eigenvalue weighted by molar-refractivity contribution is 0.0664. The molecule has 2 aromatic heterocycles. The van der Waals surface area contributed by atoms with Crippen LogP contribution in [0.2, 0.25) is 0 Å². The molecule has 1 saturated heterocycles. The Morgan fingerprint density at radius 3 is 2.50 bits per heavy atom. The number of aryl methyl sites for hydroxylation is 1. The Kier molecular flexibility index (Phi) is 5.93. The quantitative estimate of drug-likeness (QED) is 0.641. The van der Waals surface area contributed by atoms with Crippen LogP contribution in [0.4, 0.5) is 0 Å². The number of carbonyl (C=O) groups is 3. The molecule has 164 valence electrons. The molecule has 1 atom stereocenters. The van der Waals surface area contributed by atoms with Crippen molar-refractivity contribution in [3.63, 3.8) is 0 Å². The first kappa shape index (κ1) is 21.2. The summed E-state index contributed by atoms with van der Waals surface area (Å²) in [5.74, 6) is -0.528. The largest absolute Gasteiger partial charge is 0.478 e. The fraction of sp³-hybridized carbons (Fsp3) is 0.273. The molecule has 0 aliphatic carbocycles. The molecule has 2 N–H and O–H groups in total. The average Bonchev–Trinajstić information content (AvgIpc) is 3.12. The monoisotopic (exact) mass is 434 g/mol. The third kappa shape index (κ3) is 4.34. The third-order valence-electron chi connectivity index (χ3n) is 5.39. The van der Waals surface area contributed by atoms with Gasteiger partial charge in [0.2, 0.25) is 0 Å². The van der Waals surface area contributed by atoms with Gasteiger partial charge in [-0.05, 0) is 43.7 Å². The molecule has 1 fully saturated rings. The highest BCUT2D eigenvalue weighted by Crippen LogP contribution is 2.27. The first-order valence-corrected chi connectivity index (χ1v) is 10.2. The topological polar surface area (TPSA) is 132 Å². The number of nitrogens with zero attached hydrogens (tertiary/aromatic N) is 5. The number of benzene rings is 1. The Morgan fingerprint density at radius 2 is 1.81 bits per heavy atom. The van der Waals surface area contributed by atoms with E-state index in [2.05, 4.69) is 20.2 Å². The number of hydrogen-bond donors (Lipinski definition) is 2. The molecule has 1 aromatic carbocycles. The van der Waals surface area contributed by atoms with Crippen LogP contribution in [0, 0.1) is 6.92 Å². The van der Waals surface area contributed by atoms with E-state index in [1.54, 1.807) is 47.2 Å². The van der Waals surface area contributed by atoms with Gasteiger partial charge in [0.25, 0.3) is 11.8 Å². The van der Waals surface area contributed by atoms with Gasteiger partial charge in [-0.2, -0.15) is 5.10 Å². The number of carboxylic acids is 1. The molecule has 3 aromatic rings. The summed E-state index contributed by atoms with van der Waals surface area (Å²) >= 11 is 0. The molecule has 3 heterocycles. The number of carbonyl (C=O) groups excluding carboxylic acids is 2. The van der Waals surface area contributed by atoms with Crippen molar-refractivity contribution in [2.45, 2.75) is 19.4 Å². The van der Waals surface area contributed by atoms with Crippen LogP contribution in [0.3, 0.4) is 0 Å². The van der Waals surface area contributed by atoms with Crippen LogP contribution in [-0.4, -0.2) is 72.5 Å². The van der Waals surface area contributed by atoms with Gasteiger partial charge in [-0.1, -0.05) is 6.07 Å². The molecular weight excluding hydrogens is 412 g/mol. The highest BCUT2D eigenvalue weighted by molar-refractivity contribution is 5.98. The van der Waals surface area contributed by atoms with Crippen molar-refractivity contribution in [3.8, 4) is 0 Å². The van der Waals surface area contributed by atoms with Gasteiger partial charge in [0.05, 0.1) is 17.2 Å². The molecule has 10 heteroatoms. The summed E-state index contributed by atoms with van der Waals surface area (Å²) in [7, 11) is 0. The van der Waals surface area contributed by atoms with Crippen LogP contribution in [0.1, 0.15) is 55.2 Å². The first-order valence-electron chi connectivity index (χ1n) is 10.2. The summed E-state index contributed by atoms with van der Waals surface area (Å²) in [5, 5.41) is 16.3. The van der Waals surface area contributed by atoms with Crippen LogP contribution < -0.4 is 0 Å². The highest BCUT2D eigenvalue weighted by atomic mass is 16.4. The van der Waals surface area contributed by atoms with E-state index in [-0.39, 0.29) is 29.5 Å². The molecule has 1 aliphatic heterocycles. The van der Waals surface area contributed by atoms with Gasteiger partial charge in [-0.25, -0.2) is 9.78 Å². The van der Waals surface area contributed by atoms with Gasteiger partial charge in [-0.3, -0.25) is 19.7 Å². The number of aromatic amines is 1. The van der Waals surface area contributed by atoms with E-state index in [4.69, 9.17) is 0 Å². The lowest BCUT2D eigenvalue weighted by Crippen LogP contribution is -2.38. The highest BCUT2D eigenvalue weighted by Gasteiger charge is 2.33. The first-order chi connectivity index (χ1) is 15.4. The van der Waals surface area contributed by atoms with E-state index < -0.39 is 12.0 Å². The zero-order valence-corrected chi connectivity index (χ0v) is 17.4. The molecule has 0 saturated carbocycles. The van der Waals surface area contributed by atoms with Gasteiger partial charge in [0.1, 0.15) is 5.82 Å². The standard InChI is InChI=1S/C22H22N6O4/c1-14-24-19(26-25-14)18-7-9-27(20(29)17-6-3-8-23-13-17)10-11-28(18)21(30)15-4-2-5-16(12-15)22(31)32/h2-6,8,12-13,18H,7,9-11H2,1H3,(H,31,32)(H,24,25,26). The van der Waals surface area contributed by atoms with Crippen molar-refractivity contribution in [3.05, 3.63) is 77.1 Å². The fourth-order valence-electron chi connectivity index (χ4n) is 3.78. The number of carboxylic acid groups (broad SMARTS) is 1. The molecule has 1 unspecified atom stereocenters. The molecule has 0 radical (unpaired) electrons. The summed E-state index contributed by atoms with van der Waals surface area (Å²) in [6.07, 6.45) is 3.56. The Labute approximate surface area is 183 Å². The molecule has 2 amide bonds. The minimum absolute atomic E-state index is 0.0318. The molecule has 1 aliphatic rings. The zero-order chi connectivity index (χ0) is 22.7. The van der Waals surface area contributed by atoms with Crippen LogP contribution >= 0.6 is 0 Å². The van der Waals surface area contributed by atoms with E-state index in [0.717, 1.165) is 0 Å². The van der Waals surface area contributed by atoms with Crippen LogP contribution in [-0.2, 0) is 0 Å². The van der Waals surface area contributed by atoms with Gasteiger partial charge >= 0.3 is 5.97 Å². The van der Waals surface area contributed by atoms with Crippen LogP contribution in [0.25, 0.3) is 0 Å². The van der Waals surface area contributed by atoms with E-state index in [1.165, 1.54) is 18.3 Å². The number of amides is 2. The summed E-state index contributed by atoms with van der Waals surface area (Å²) in [6.45, 7) is 2.75. The van der Waals surface area contributed by atoms with E-state index in [1.807, 2.05) is 0 Å². The summed E-state index contributed by atoms with van der Waals surface area (Å²) in [4.78, 5) is 49.4. The molecule has 4 rings (SSSR count). The van der Waals surface area contributed by atoms with Gasteiger partial charge in [-0.15, -0.1) is 0 Å². The number of rotatable bonds is 4. The molecule has 10 nitrogen and oxygen atoms in total. The van der Waals surface area contributed by atoms with Crippen molar-refractivity contribution in [1.82, 2.24) is 30.0 Å². The number of H-pyrrole nitrogens is 1. The maximum atomic E-state index is 13.4. The fourth-order valence-corrected chi connectivity index (χ4v) is 3.78. The minimum Gasteiger partial charge on any atom is -0.478 e. The van der Waals surface area contributed by atoms with Gasteiger partial charge in [0, 0.05) is 37.6 Å². The number of pyridine rings is 1. The summed E-state index contributed by atoms with van der Waals surface area (Å²) in [5.41, 5.74) is 0.769. The van der Waals surface area contributed by atoms with Crippen molar-refractivity contribution in [2.75, 3.05) is 19.6 Å². The second-order valence-electron chi connectivity index (χ2n) is 7.50. The maximum absolute atomic E-state index is 13.4. The maximum Gasteiger partial charge on any atom is 0.335 e. The Hall–Kier alpha value is -4.08. The van der Waals surface area contributed by atoms with Gasteiger partial charge in [0.15, 0.2) is 5.82 Å². The van der Waals surface area contributed by atoms with E-state index in [0.29, 0.717) is 36.7 Å². The van der Waals surface area contributed by atoms with Crippen LogP contribution in [0.15, 0.2) is 48.8 Å². The number of aromatic nitrogens is 4. The SMILES string of the molecule is Cc1nc(C2CCN(C(=O)c3cccnc3)CCN2C(=O)c2cccc(C(=O)O)c2)n[nH]1. The normalized spacial score (nSPS) is 16.5. The Balaban J connectivity index is 1.64. The smallest absolute Gasteiger partial charge is 0.335 e. The van der Waals surface area contributed by atoms with Crippen molar-refractivity contribution in [1.29, 1.82) is 0 Å². The summed E-state index contributed by atoms with van der Waals surface area (Å²) in [6, 6.07) is 8.86. The second-order valence-corrected chi connectivity index (χ2v) is 7.50. The minimum atomic E-state index is -1.11. The summed E-state index contributed by atoms with van der Waals surface area (Å²) < 4.78 is 0. The predicted octanol–water partition coefficient (Wildman–Crippen LogP) is 1.94. The molecule has 0 spiro atoms. The average molecular weight is 434 g/mol. The molecule has 0 bridgehead atoms. The van der Waals surface area contributed by atoms with Crippen molar-refractivity contribution in [2.24, 2.45) is 0 Å². The molecular formula is C22H22N6O4. The predicted molar refractivity (Wildman–Crippen MR) is 113 cm³/mol. The Bertz CT molecular complexity index is 1150. The Morgan fingerprint density at radius 1 is 1.03 bits per heavy atom. The number of hydrogen-bond acceptors (Lipinski definition) is 6. The lowest BCUT2D eigenvalue weighted by atomic mass is 10.1. The van der Waals surface area contributed by atoms with E-state index in [9.17, 15) is 19.5 Å². The second kappa shape index (κ2) is 8.96. The third-order valence-corrected chi connectivity index (χ3v) is 5.39. The lowest BCUT2D eigenvalue weighted by Gasteiger charge is -2.27. The number of aromatic carboxylic acids is 1. The van der Waals surface area contributed by atoms with Crippen LogP contribution in [0.5, 0.6) is 0 Å². The number of nitrogens with one attached hydrogen (secondary N) is 1. The van der Waals surface area contributed by atoms with Crippen molar-refractivity contribution >= 4 is 17.8 Å². The van der Waals surface area contributed by atoms with Gasteiger partial charge < -0.3 is 14.9 Å². The van der Waals surface area contributed by atoms with Crippen molar-refractivity contribution < 1.29 is 19.5 Å². The molecule has 32 heavy (non-hydrogen) atoms. The van der Waals surface area contributed by atoms with E-state index >= 15 is 0 Å².